The molecule has 0 aliphatic heterocycles. The highest BCUT2D eigenvalue weighted by molar-refractivity contribution is 7.38. The van der Waals surface area contributed by atoms with Crippen LogP contribution >= 0.6 is 8.03 Å². The zero-order valence-electron chi connectivity index (χ0n) is 11.6. The normalized spacial score (nSPS) is 11.6. The summed E-state index contributed by atoms with van der Waals surface area (Å²) in [5.74, 6) is 0. The van der Waals surface area contributed by atoms with Crippen LogP contribution < -0.4 is 4.90 Å². The van der Waals surface area contributed by atoms with Crippen molar-refractivity contribution < 1.29 is 9.09 Å². The van der Waals surface area contributed by atoms with Crippen LogP contribution in [0.15, 0.2) is 36.4 Å². The van der Waals surface area contributed by atoms with E-state index in [0.29, 0.717) is 12.8 Å². The SMILES string of the molecule is CCO[P+](=O)Cc1cccc2c(N(C)C)cccc12. The molecule has 4 heteroatoms. The van der Waals surface area contributed by atoms with Crippen molar-refractivity contribution in [2.24, 2.45) is 0 Å². The second-order valence-corrected chi connectivity index (χ2v) is 5.83. The third-order valence-corrected chi connectivity index (χ3v) is 4.19. The van der Waals surface area contributed by atoms with Crippen LogP contribution in [0.1, 0.15) is 12.5 Å². The molecule has 0 fully saturated rings. The van der Waals surface area contributed by atoms with Crippen LogP contribution in [0.4, 0.5) is 5.69 Å². The molecule has 1 atom stereocenters. The van der Waals surface area contributed by atoms with E-state index in [1.165, 1.54) is 11.1 Å². The number of fused-ring (bicyclic) bond motifs is 1. The number of hydrogen-bond donors (Lipinski definition) is 0. The van der Waals surface area contributed by atoms with Gasteiger partial charge in [-0.05, 0) is 22.9 Å². The molecule has 2 aromatic rings. The molecule has 100 valence electrons. The lowest BCUT2D eigenvalue weighted by atomic mass is 10.0. The largest absolute Gasteiger partial charge is 0.512 e. The minimum Gasteiger partial charge on any atom is -0.377 e. The average molecular weight is 276 g/mol. The average Bonchev–Trinajstić information content (AvgIpc) is 2.38. The Labute approximate surface area is 115 Å². The van der Waals surface area contributed by atoms with E-state index in [9.17, 15) is 4.57 Å². The van der Waals surface area contributed by atoms with Gasteiger partial charge in [0, 0.05) is 30.7 Å². The van der Waals surface area contributed by atoms with Crippen molar-refractivity contribution in [3.05, 3.63) is 42.0 Å². The predicted octanol–water partition coefficient (Wildman–Crippen LogP) is 4.18. The van der Waals surface area contributed by atoms with Crippen LogP contribution in [0.3, 0.4) is 0 Å². The van der Waals surface area contributed by atoms with E-state index < -0.39 is 8.03 Å². The summed E-state index contributed by atoms with van der Waals surface area (Å²) in [6.45, 7) is 2.35. The minimum atomic E-state index is -1.62. The second kappa shape index (κ2) is 6.14. The molecule has 0 aliphatic carbocycles. The first-order valence-electron chi connectivity index (χ1n) is 6.39. The van der Waals surface area contributed by atoms with E-state index in [4.69, 9.17) is 4.52 Å². The molecule has 2 aromatic carbocycles. The molecule has 0 radical (unpaired) electrons. The third-order valence-electron chi connectivity index (χ3n) is 3.04. The van der Waals surface area contributed by atoms with Crippen molar-refractivity contribution in [1.82, 2.24) is 0 Å². The van der Waals surface area contributed by atoms with Gasteiger partial charge in [-0.2, -0.15) is 0 Å². The van der Waals surface area contributed by atoms with Crippen molar-refractivity contribution in [3.63, 3.8) is 0 Å². The molecule has 1 unspecified atom stereocenters. The molecular weight excluding hydrogens is 257 g/mol. The van der Waals surface area contributed by atoms with Gasteiger partial charge in [-0.3, -0.25) is 0 Å². The molecule has 0 heterocycles. The maximum Gasteiger partial charge on any atom is 0.512 e. The molecule has 0 N–H and O–H groups in total. The maximum absolute atomic E-state index is 11.8. The van der Waals surface area contributed by atoms with E-state index in [2.05, 4.69) is 23.1 Å². The van der Waals surface area contributed by atoms with Crippen LogP contribution in [0, 0.1) is 0 Å². The zero-order chi connectivity index (χ0) is 13.8. The van der Waals surface area contributed by atoms with Crippen molar-refractivity contribution in [2.75, 3.05) is 25.6 Å². The topological polar surface area (TPSA) is 29.5 Å². The fraction of sp³-hybridized carbons (Fsp3) is 0.333. The van der Waals surface area contributed by atoms with Gasteiger partial charge in [-0.1, -0.05) is 30.3 Å². The van der Waals surface area contributed by atoms with Crippen molar-refractivity contribution in [3.8, 4) is 0 Å². The number of nitrogens with zero attached hydrogens (tertiary/aromatic N) is 1. The molecule has 3 nitrogen and oxygen atoms in total. The number of anilines is 1. The van der Waals surface area contributed by atoms with Gasteiger partial charge in [0.25, 0.3) is 0 Å². The van der Waals surface area contributed by atoms with Crippen LogP contribution in [0.2, 0.25) is 0 Å². The first-order valence-corrected chi connectivity index (χ1v) is 7.75. The molecule has 0 bridgehead atoms. The van der Waals surface area contributed by atoms with E-state index in [1.807, 2.05) is 39.2 Å². The van der Waals surface area contributed by atoms with Gasteiger partial charge >= 0.3 is 8.03 Å². The quantitative estimate of drug-likeness (QED) is 0.767. The smallest absolute Gasteiger partial charge is 0.377 e. The van der Waals surface area contributed by atoms with Crippen molar-refractivity contribution >= 4 is 24.5 Å². The zero-order valence-corrected chi connectivity index (χ0v) is 12.5. The summed E-state index contributed by atoms with van der Waals surface area (Å²) in [5, 5.41) is 2.33. The lowest BCUT2D eigenvalue weighted by Gasteiger charge is -2.16. The Kier molecular flexibility index (Phi) is 4.52. The van der Waals surface area contributed by atoms with E-state index >= 15 is 0 Å². The highest BCUT2D eigenvalue weighted by Gasteiger charge is 2.19. The van der Waals surface area contributed by atoms with Crippen molar-refractivity contribution in [1.29, 1.82) is 0 Å². The summed E-state index contributed by atoms with van der Waals surface area (Å²) in [6, 6.07) is 12.3. The summed E-state index contributed by atoms with van der Waals surface area (Å²) < 4.78 is 17.0. The van der Waals surface area contributed by atoms with Gasteiger partial charge in [-0.15, -0.1) is 4.52 Å². The van der Waals surface area contributed by atoms with E-state index in [0.717, 1.165) is 10.9 Å². The Morgan fingerprint density at radius 1 is 1.11 bits per heavy atom. The van der Waals surface area contributed by atoms with Gasteiger partial charge in [0.2, 0.25) is 6.16 Å². The predicted molar refractivity (Wildman–Crippen MR) is 81.2 cm³/mol. The number of hydrogen-bond acceptors (Lipinski definition) is 3. The highest BCUT2D eigenvalue weighted by atomic mass is 31.1. The summed E-state index contributed by atoms with van der Waals surface area (Å²) in [6.07, 6.45) is 0.470. The fourth-order valence-electron chi connectivity index (χ4n) is 2.22. The number of rotatable bonds is 5. The molecule has 2 rings (SSSR count). The Balaban J connectivity index is 2.46. The minimum absolute atomic E-state index is 0.470. The first kappa shape index (κ1) is 14.0. The maximum atomic E-state index is 11.8. The Bertz CT molecular complexity index is 596. The second-order valence-electron chi connectivity index (χ2n) is 4.59. The molecule has 19 heavy (non-hydrogen) atoms. The lowest BCUT2D eigenvalue weighted by molar-refractivity contribution is 0.350. The van der Waals surface area contributed by atoms with Crippen LogP contribution in [-0.2, 0) is 15.3 Å². The number of benzene rings is 2. The van der Waals surface area contributed by atoms with E-state index in [1.54, 1.807) is 0 Å². The van der Waals surface area contributed by atoms with Gasteiger partial charge in [0.1, 0.15) is 0 Å². The Hall–Kier alpha value is -1.44. The highest BCUT2D eigenvalue weighted by Crippen LogP contribution is 2.34. The molecule has 0 saturated carbocycles. The monoisotopic (exact) mass is 276 g/mol. The summed E-state index contributed by atoms with van der Waals surface area (Å²) in [5.41, 5.74) is 2.25. The summed E-state index contributed by atoms with van der Waals surface area (Å²) in [7, 11) is 2.44. The Morgan fingerprint density at radius 2 is 1.79 bits per heavy atom. The summed E-state index contributed by atoms with van der Waals surface area (Å²) >= 11 is 0. The standard InChI is InChI=1S/C15H19NO2P/c1-4-18-19(17)11-12-7-5-9-14-13(12)8-6-10-15(14)16(2)3/h5-10H,4,11H2,1-3H3/q+1. The van der Waals surface area contributed by atoms with Gasteiger partial charge in [0.15, 0.2) is 0 Å². The van der Waals surface area contributed by atoms with E-state index in [-0.39, 0.29) is 0 Å². The molecule has 0 aliphatic rings. The molecule has 0 saturated heterocycles. The molecule has 0 aromatic heterocycles. The lowest BCUT2D eigenvalue weighted by Crippen LogP contribution is -2.09. The fourth-order valence-corrected chi connectivity index (χ4v) is 3.15. The van der Waals surface area contributed by atoms with Gasteiger partial charge < -0.3 is 4.90 Å². The first-order chi connectivity index (χ1) is 9.13. The van der Waals surface area contributed by atoms with Crippen LogP contribution in [0.25, 0.3) is 10.8 Å². The van der Waals surface area contributed by atoms with Gasteiger partial charge in [0.05, 0.1) is 6.61 Å². The van der Waals surface area contributed by atoms with Crippen LogP contribution in [0.5, 0.6) is 0 Å². The molecule has 0 amide bonds. The van der Waals surface area contributed by atoms with Crippen molar-refractivity contribution in [2.45, 2.75) is 13.1 Å². The third kappa shape index (κ3) is 3.12. The molecular formula is C15H19NO2P+. The Morgan fingerprint density at radius 3 is 2.47 bits per heavy atom. The summed E-state index contributed by atoms with van der Waals surface area (Å²) in [4.78, 5) is 2.09. The molecule has 0 spiro atoms. The van der Waals surface area contributed by atoms with Gasteiger partial charge in [-0.25, -0.2) is 0 Å². The van der Waals surface area contributed by atoms with Crippen LogP contribution in [-0.4, -0.2) is 20.7 Å².